The van der Waals surface area contributed by atoms with E-state index in [-0.39, 0.29) is 17.9 Å². The number of rotatable bonds is 4. The first-order chi connectivity index (χ1) is 13.1. The summed E-state index contributed by atoms with van der Waals surface area (Å²) in [7, 11) is 1.96. The van der Waals surface area contributed by atoms with Gasteiger partial charge in [0.2, 0.25) is 5.91 Å². The van der Waals surface area contributed by atoms with Crippen molar-refractivity contribution in [3.63, 3.8) is 0 Å². The van der Waals surface area contributed by atoms with Crippen LogP contribution in [0.4, 0.5) is 10.5 Å². The van der Waals surface area contributed by atoms with Crippen LogP contribution >= 0.6 is 0 Å². The lowest BCUT2D eigenvalue weighted by atomic mass is 9.93. The number of piperidine rings is 2. The van der Waals surface area contributed by atoms with Gasteiger partial charge in [-0.3, -0.25) is 4.79 Å². The van der Waals surface area contributed by atoms with Gasteiger partial charge in [0.1, 0.15) is 0 Å². The molecule has 27 heavy (non-hydrogen) atoms. The molecule has 2 atom stereocenters. The van der Waals surface area contributed by atoms with Crippen LogP contribution in [-0.2, 0) is 4.79 Å². The van der Waals surface area contributed by atoms with Gasteiger partial charge < -0.3 is 20.4 Å². The topological polar surface area (TPSA) is 64.7 Å². The first kappa shape index (κ1) is 19.7. The maximum Gasteiger partial charge on any atom is 0.321 e. The minimum atomic E-state index is -0.107. The van der Waals surface area contributed by atoms with Crippen LogP contribution in [0.5, 0.6) is 0 Å². The van der Waals surface area contributed by atoms with Crippen LogP contribution in [0.25, 0.3) is 0 Å². The minimum Gasteiger partial charge on any atom is -0.342 e. The van der Waals surface area contributed by atoms with Gasteiger partial charge >= 0.3 is 6.03 Å². The van der Waals surface area contributed by atoms with Gasteiger partial charge in [0, 0.05) is 31.9 Å². The van der Waals surface area contributed by atoms with E-state index in [0.717, 1.165) is 50.1 Å². The summed E-state index contributed by atoms with van der Waals surface area (Å²) in [5, 5.41) is 6.20. The number of aryl methyl sites for hydroxylation is 1. The highest BCUT2D eigenvalue weighted by Gasteiger charge is 2.33. The summed E-state index contributed by atoms with van der Waals surface area (Å²) in [6.45, 7) is 5.88. The van der Waals surface area contributed by atoms with E-state index in [0.29, 0.717) is 19.0 Å². The van der Waals surface area contributed by atoms with Crippen molar-refractivity contribution in [3.05, 3.63) is 29.8 Å². The minimum absolute atomic E-state index is 0.0738. The molecule has 6 nitrogen and oxygen atoms in total. The van der Waals surface area contributed by atoms with Crippen molar-refractivity contribution >= 4 is 17.6 Å². The van der Waals surface area contributed by atoms with Gasteiger partial charge in [0.05, 0.1) is 5.92 Å². The fourth-order valence-corrected chi connectivity index (χ4v) is 4.27. The van der Waals surface area contributed by atoms with E-state index < -0.39 is 0 Å². The van der Waals surface area contributed by atoms with E-state index in [4.69, 9.17) is 0 Å². The number of hydrogen-bond acceptors (Lipinski definition) is 3. The number of hydrogen-bond donors (Lipinski definition) is 2. The lowest BCUT2D eigenvalue weighted by Gasteiger charge is -2.38. The molecule has 2 fully saturated rings. The van der Waals surface area contributed by atoms with E-state index >= 15 is 0 Å². The second kappa shape index (κ2) is 9.22. The Balaban J connectivity index is 1.56. The summed E-state index contributed by atoms with van der Waals surface area (Å²) in [5.41, 5.74) is 1.92. The Morgan fingerprint density at radius 2 is 1.89 bits per heavy atom. The molecule has 2 unspecified atom stereocenters. The van der Waals surface area contributed by atoms with Crippen LogP contribution in [-0.4, -0.2) is 61.5 Å². The van der Waals surface area contributed by atoms with Gasteiger partial charge in [-0.15, -0.1) is 0 Å². The maximum atomic E-state index is 13.0. The molecule has 2 saturated heterocycles. The Kier molecular flexibility index (Phi) is 6.72. The summed E-state index contributed by atoms with van der Waals surface area (Å²) in [4.78, 5) is 29.5. The SMILES string of the molecule is CNCC1CCCN(C(=O)C2CCCN(C(=O)Nc3cccc(C)c3)C2)C1. The third-order valence-electron chi connectivity index (χ3n) is 5.65. The Hall–Kier alpha value is -2.08. The third kappa shape index (κ3) is 5.22. The van der Waals surface area contributed by atoms with Crippen LogP contribution < -0.4 is 10.6 Å². The van der Waals surface area contributed by atoms with Crippen molar-refractivity contribution in [1.29, 1.82) is 0 Å². The van der Waals surface area contributed by atoms with Crippen LogP contribution in [0.2, 0.25) is 0 Å². The molecule has 2 heterocycles. The van der Waals surface area contributed by atoms with Gasteiger partial charge in [-0.05, 0) is 69.8 Å². The highest BCUT2D eigenvalue weighted by Crippen LogP contribution is 2.23. The predicted octanol–water partition coefficient (Wildman–Crippen LogP) is 2.70. The monoisotopic (exact) mass is 372 g/mol. The first-order valence-corrected chi connectivity index (χ1v) is 10.1. The molecule has 3 amide bonds. The Morgan fingerprint density at radius 1 is 1.11 bits per heavy atom. The number of amides is 3. The summed E-state index contributed by atoms with van der Waals surface area (Å²) >= 11 is 0. The molecule has 148 valence electrons. The van der Waals surface area contributed by atoms with Crippen molar-refractivity contribution < 1.29 is 9.59 Å². The molecule has 2 aliphatic heterocycles. The number of nitrogens with zero attached hydrogens (tertiary/aromatic N) is 2. The largest absolute Gasteiger partial charge is 0.342 e. The van der Waals surface area contributed by atoms with Gasteiger partial charge in [-0.1, -0.05) is 12.1 Å². The van der Waals surface area contributed by atoms with Crippen molar-refractivity contribution in [3.8, 4) is 0 Å². The van der Waals surface area contributed by atoms with Crippen LogP contribution in [0.15, 0.2) is 24.3 Å². The number of benzene rings is 1. The van der Waals surface area contributed by atoms with Crippen molar-refractivity contribution in [2.45, 2.75) is 32.6 Å². The lowest BCUT2D eigenvalue weighted by Crippen LogP contribution is -2.50. The standard InChI is InChI=1S/C21H32N4O2/c1-16-6-3-9-19(12-16)23-21(27)25-11-5-8-18(15-25)20(26)24-10-4-7-17(14-24)13-22-2/h3,6,9,12,17-18,22H,4-5,7-8,10-11,13-15H2,1-2H3,(H,23,27). The number of nitrogens with one attached hydrogen (secondary N) is 2. The molecule has 2 aliphatic rings. The maximum absolute atomic E-state index is 13.0. The molecule has 3 rings (SSSR count). The molecule has 2 N–H and O–H groups in total. The molecule has 0 saturated carbocycles. The van der Waals surface area contributed by atoms with Gasteiger partial charge in [-0.25, -0.2) is 4.79 Å². The van der Waals surface area contributed by atoms with Crippen LogP contribution in [0.3, 0.4) is 0 Å². The van der Waals surface area contributed by atoms with E-state index in [2.05, 4.69) is 10.6 Å². The van der Waals surface area contributed by atoms with Gasteiger partial charge in [0.15, 0.2) is 0 Å². The normalized spacial score (nSPS) is 23.2. The Labute approximate surface area is 162 Å². The Morgan fingerprint density at radius 3 is 2.67 bits per heavy atom. The van der Waals surface area contributed by atoms with E-state index in [1.54, 1.807) is 4.90 Å². The number of urea groups is 1. The highest BCUT2D eigenvalue weighted by atomic mass is 16.2. The van der Waals surface area contributed by atoms with Crippen molar-refractivity contribution in [1.82, 2.24) is 15.1 Å². The molecular formula is C21H32N4O2. The average molecular weight is 373 g/mol. The number of carbonyl (C=O) groups excluding carboxylic acids is 2. The summed E-state index contributed by atoms with van der Waals surface area (Å²) in [5.74, 6) is 0.691. The lowest BCUT2D eigenvalue weighted by molar-refractivity contribution is -0.138. The smallest absolute Gasteiger partial charge is 0.321 e. The molecular weight excluding hydrogens is 340 g/mol. The number of likely N-dealkylation sites (tertiary alicyclic amines) is 2. The van der Waals surface area contributed by atoms with E-state index in [9.17, 15) is 9.59 Å². The van der Waals surface area contributed by atoms with Gasteiger partial charge in [-0.2, -0.15) is 0 Å². The molecule has 0 radical (unpaired) electrons. The molecule has 0 bridgehead atoms. The van der Waals surface area contributed by atoms with E-state index in [1.165, 1.54) is 6.42 Å². The second-order valence-corrected chi connectivity index (χ2v) is 7.93. The zero-order valence-electron chi connectivity index (χ0n) is 16.5. The number of anilines is 1. The molecule has 1 aromatic rings. The van der Waals surface area contributed by atoms with E-state index in [1.807, 2.05) is 43.1 Å². The quantitative estimate of drug-likeness (QED) is 0.854. The zero-order valence-corrected chi connectivity index (χ0v) is 16.5. The molecule has 0 spiro atoms. The fraction of sp³-hybridized carbons (Fsp3) is 0.619. The van der Waals surface area contributed by atoms with Crippen LogP contribution in [0, 0.1) is 18.8 Å². The van der Waals surface area contributed by atoms with Crippen molar-refractivity contribution in [2.24, 2.45) is 11.8 Å². The summed E-state index contributed by atoms with van der Waals surface area (Å²) < 4.78 is 0. The third-order valence-corrected chi connectivity index (χ3v) is 5.65. The van der Waals surface area contributed by atoms with Crippen LogP contribution in [0.1, 0.15) is 31.2 Å². The highest BCUT2D eigenvalue weighted by molar-refractivity contribution is 5.90. The molecule has 6 heteroatoms. The number of carbonyl (C=O) groups is 2. The predicted molar refractivity (Wildman–Crippen MR) is 108 cm³/mol. The Bertz CT molecular complexity index is 661. The van der Waals surface area contributed by atoms with Gasteiger partial charge in [0.25, 0.3) is 0 Å². The average Bonchev–Trinajstić information content (AvgIpc) is 2.68. The summed E-state index contributed by atoms with van der Waals surface area (Å²) in [6.07, 6.45) is 4.01. The fourth-order valence-electron chi connectivity index (χ4n) is 4.27. The zero-order chi connectivity index (χ0) is 19.2. The summed E-state index contributed by atoms with van der Waals surface area (Å²) in [6, 6.07) is 7.69. The molecule has 0 aromatic heterocycles. The van der Waals surface area contributed by atoms with Crippen molar-refractivity contribution in [2.75, 3.05) is 45.1 Å². The molecule has 1 aromatic carbocycles. The first-order valence-electron chi connectivity index (χ1n) is 10.1. The molecule has 0 aliphatic carbocycles. The second-order valence-electron chi connectivity index (χ2n) is 7.93.